The second kappa shape index (κ2) is 7.93. The van der Waals surface area contributed by atoms with Crippen LogP contribution in [-0.4, -0.2) is 40.1 Å². The molecular formula is C21H24N2O4S. The topological polar surface area (TPSA) is 75.8 Å². The highest BCUT2D eigenvalue weighted by molar-refractivity contribution is 7.09. The van der Waals surface area contributed by atoms with Crippen LogP contribution in [0.3, 0.4) is 0 Å². The first-order valence-electron chi connectivity index (χ1n) is 9.55. The van der Waals surface area contributed by atoms with E-state index in [9.17, 15) is 9.90 Å². The second-order valence-electron chi connectivity index (χ2n) is 7.15. The fourth-order valence-corrected chi connectivity index (χ4v) is 4.26. The molecule has 1 fully saturated rings. The molecule has 0 unspecified atom stereocenters. The Kier molecular flexibility index (Phi) is 5.37. The minimum absolute atomic E-state index is 0.0420. The lowest BCUT2D eigenvalue weighted by Crippen LogP contribution is -2.45. The van der Waals surface area contributed by atoms with Gasteiger partial charge in [0.2, 0.25) is 0 Å². The molecule has 7 heteroatoms. The summed E-state index contributed by atoms with van der Waals surface area (Å²) in [7, 11) is 0. The van der Waals surface area contributed by atoms with E-state index in [1.54, 1.807) is 16.2 Å². The molecule has 0 bridgehead atoms. The molecule has 1 aromatic carbocycles. The molecule has 0 aliphatic heterocycles. The van der Waals surface area contributed by atoms with Gasteiger partial charge in [-0.15, -0.1) is 11.3 Å². The molecular weight excluding hydrogens is 376 g/mol. The van der Waals surface area contributed by atoms with Gasteiger partial charge in [0.05, 0.1) is 28.3 Å². The molecule has 1 amide bonds. The van der Waals surface area contributed by atoms with Gasteiger partial charge in [-0.25, -0.2) is 4.98 Å². The van der Waals surface area contributed by atoms with Crippen LogP contribution in [0.1, 0.15) is 46.0 Å². The Labute approximate surface area is 167 Å². The molecule has 0 radical (unpaired) electrons. The van der Waals surface area contributed by atoms with Crippen LogP contribution in [0.25, 0.3) is 11.0 Å². The number of fused-ring (bicyclic) bond motifs is 1. The van der Waals surface area contributed by atoms with Gasteiger partial charge in [0.15, 0.2) is 0 Å². The van der Waals surface area contributed by atoms with E-state index in [-0.39, 0.29) is 18.6 Å². The lowest BCUT2D eigenvalue weighted by molar-refractivity contribution is 0.0526. The largest absolute Gasteiger partial charge is 0.488 e. The van der Waals surface area contributed by atoms with Crippen LogP contribution in [-0.2, 0) is 6.61 Å². The Hall–Kier alpha value is -2.38. The fraction of sp³-hybridized carbons (Fsp3) is 0.429. The first-order chi connectivity index (χ1) is 13.6. The Balaban J connectivity index is 1.63. The molecule has 28 heavy (non-hydrogen) atoms. The molecule has 1 N–H and O–H groups in total. The van der Waals surface area contributed by atoms with E-state index in [0.29, 0.717) is 35.8 Å². The van der Waals surface area contributed by atoms with Crippen molar-refractivity contribution in [2.45, 2.75) is 45.8 Å². The summed E-state index contributed by atoms with van der Waals surface area (Å²) in [4.78, 5) is 20.4. The molecule has 6 nitrogen and oxygen atoms in total. The lowest BCUT2D eigenvalue weighted by Gasteiger charge is -2.37. The predicted molar refractivity (Wildman–Crippen MR) is 108 cm³/mol. The van der Waals surface area contributed by atoms with E-state index in [2.05, 4.69) is 4.98 Å². The number of benzene rings is 1. The number of aliphatic hydroxyl groups is 1. The van der Waals surface area contributed by atoms with Gasteiger partial charge in [-0.1, -0.05) is 0 Å². The lowest BCUT2D eigenvalue weighted by atomic mass is 9.90. The van der Waals surface area contributed by atoms with Crippen LogP contribution in [0.15, 0.2) is 28.1 Å². The van der Waals surface area contributed by atoms with Crippen molar-refractivity contribution in [1.82, 2.24) is 9.88 Å². The van der Waals surface area contributed by atoms with Crippen LogP contribution < -0.4 is 4.74 Å². The summed E-state index contributed by atoms with van der Waals surface area (Å²) in [5.74, 6) is 1.20. The summed E-state index contributed by atoms with van der Waals surface area (Å²) in [5, 5.41) is 10.2. The maximum atomic E-state index is 13.3. The van der Waals surface area contributed by atoms with Crippen molar-refractivity contribution < 1.29 is 19.1 Å². The smallest absolute Gasteiger partial charge is 0.258 e. The third-order valence-corrected chi connectivity index (χ3v) is 6.29. The molecule has 1 saturated carbocycles. The van der Waals surface area contributed by atoms with Crippen molar-refractivity contribution in [1.29, 1.82) is 0 Å². The Morgan fingerprint density at radius 1 is 1.39 bits per heavy atom. The fourth-order valence-electron chi connectivity index (χ4n) is 3.57. The van der Waals surface area contributed by atoms with Gasteiger partial charge in [0.25, 0.3) is 5.91 Å². The number of furan rings is 1. The van der Waals surface area contributed by atoms with E-state index < -0.39 is 0 Å². The molecule has 148 valence electrons. The summed E-state index contributed by atoms with van der Waals surface area (Å²) in [6.07, 6.45) is 3.10. The number of nitrogens with zero attached hydrogens (tertiary/aromatic N) is 2. The molecule has 2 heterocycles. The summed E-state index contributed by atoms with van der Waals surface area (Å²) in [5.41, 5.74) is 4.01. The number of thiazole rings is 1. The van der Waals surface area contributed by atoms with Crippen molar-refractivity contribution in [2.24, 2.45) is 0 Å². The average Bonchev–Trinajstić information content (AvgIpc) is 3.19. The van der Waals surface area contributed by atoms with Crippen molar-refractivity contribution >= 4 is 28.2 Å². The van der Waals surface area contributed by atoms with Crippen molar-refractivity contribution in [3.63, 3.8) is 0 Å². The summed E-state index contributed by atoms with van der Waals surface area (Å²) in [6.45, 7) is 4.52. The normalized spacial score (nSPS) is 14.2. The number of aromatic nitrogens is 1. The van der Waals surface area contributed by atoms with Gasteiger partial charge in [-0.2, -0.15) is 0 Å². The number of aliphatic hydroxyl groups excluding tert-OH is 1. The van der Waals surface area contributed by atoms with E-state index in [4.69, 9.17) is 9.15 Å². The summed E-state index contributed by atoms with van der Waals surface area (Å²) >= 11 is 1.57. The van der Waals surface area contributed by atoms with E-state index in [1.165, 1.54) is 0 Å². The number of rotatable bonds is 7. The van der Waals surface area contributed by atoms with E-state index in [0.717, 1.165) is 35.2 Å². The molecule has 0 saturated heterocycles. The Morgan fingerprint density at radius 2 is 2.21 bits per heavy atom. The summed E-state index contributed by atoms with van der Waals surface area (Å²) < 4.78 is 11.8. The Morgan fingerprint density at radius 3 is 2.86 bits per heavy atom. The average molecular weight is 401 g/mol. The minimum atomic E-state index is -0.0783. The third-order valence-electron chi connectivity index (χ3n) is 5.38. The van der Waals surface area contributed by atoms with E-state index in [1.807, 2.05) is 37.6 Å². The number of carbonyl (C=O) groups is 1. The summed E-state index contributed by atoms with van der Waals surface area (Å²) in [6, 6.07) is 5.77. The number of amides is 1. The van der Waals surface area contributed by atoms with Crippen LogP contribution in [0.4, 0.5) is 0 Å². The number of ether oxygens (including phenoxy) is 1. The van der Waals surface area contributed by atoms with Crippen molar-refractivity contribution in [3.05, 3.63) is 45.6 Å². The highest BCUT2D eigenvalue weighted by Gasteiger charge is 2.31. The SMILES string of the molecule is Cc1ncsc1COc1ccc2oc(C)c(C(=O)N(CCO)C3CCC3)c2c1. The highest BCUT2D eigenvalue weighted by Crippen LogP contribution is 2.33. The van der Waals surface area contributed by atoms with Gasteiger partial charge in [-0.05, 0) is 51.3 Å². The first-order valence-corrected chi connectivity index (χ1v) is 10.4. The zero-order valence-corrected chi connectivity index (χ0v) is 16.9. The molecule has 1 aliphatic carbocycles. The molecule has 2 aromatic heterocycles. The van der Waals surface area contributed by atoms with Gasteiger partial charge in [0.1, 0.15) is 23.7 Å². The minimum Gasteiger partial charge on any atom is -0.488 e. The molecule has 3 aromatic rings. The van der Waals surface area contributed by atoms with Crippen molar-refractivity contribution in [2.75, 3.05) is 13.2 Å². The third kappa shape index (κ3) is 3.52. The van der Waals surface area contributed by atoms with Crippen LogP contribution in [0.5, 0.6) is 5.75 Å². The zero-order chi connectivity index (χ0) is 19.7. The van der Waals surface area contributed by atoms with Gasteiger partial charge < -0.3 is 19.2 Å². The van der Waals surface area contributed by atoms with Gasteiger partial charge in [-0.3, -0.25) is 4.79 Å². The zero-order valence-electron chi connectivity index (χ0n) is 16.1. The van der Waals surface area contributed by atoms with Crippen LogP contribution >= 0.6 is 11.3 Å². The van der Waals surface area contributed by atoms with Crippen molar-refractivity contribution in [3.8, 4) is 5.75 Å². The number of hydrogen-bond acceptors (Lipinski definition) is 6. The van der Waals surface area contributed by atoms with Gasteiger partial charge >= 0.3 is 0 Å². The quantitative estimate of drug-likeness (QED) is 0.647. The van der Waals surface area contributed by atoms with Crippen LogP contribution in [0.2, 0.25) is 0 Å². The highest BCUT2D eigenvalue weighted by atomic mass is 32.1. The maximum absolute atomic E-state index is 13.3. The Bertz CT molecular complexity index is 990. The first kappa shape index (κ1) is 19.0. The molecule has 0 spiro atoms. The van der Waals surface area contributed by atoms with Crippen LogP contribution in [0, 0.1) is 13.8 Å². The second-order valence-corrected chi connectivity index (χ2v) is 8.09. The molecule has 1 aliphatic rings. The molecule has 4 rings (SSSR count). The van der Waals surface area contributed by atoms with E-state index >= 15 is 0 Å². The standard InChI is InChI=1S/C21H24N2O4S/c1-13-19(28-12-22-13)11-26-16-6-7-18-17(10-16)20(14(2)27-18)21(25)23(8-9-24)15-4-3-5-15/h6-7,10,12,15,24H,3-5,8-9,11H2,1-2H3. The number of aryl methyl sites for hydroxylation is 2. The number of hydrogen-bond donors (Lipinski definition) is 1. The number of carbonyl (C=O) groups excluding carboxylic acids is 1. The molecule has 0 atom stereocenters. The van der Waals surface area contributed by atoms with Gasteiger partial charge in [0, 0.05) is 18.0 Å². The monoisotopic (exact) mass is 400 g/mol. The predicted octanol–water partition coefficient (Wildman–Crippen LogP) is 4.07. The maximum Gasteiger partial charge on any atom is 0.258 e.